The van der Waals surface area contributed by atoms with Gasteiger partial charge in [0.25, 0.3) is 5.56 Å². The smallest absolute Gasteiger partial charge is 0.409 e. The molecule has 8 nitrogen and oxygen atoms in total. The fourth-order valence-electron chi connectivity index (χ4n) is 2.26. The summed E-state index contributed by atoms with van der Waals surface area (Å²) in [6, 6.07) is 0. The first-order chi connectivity index (χ1) is 11.4. The third kappa shape index (κ3) is 4.50. The van der Waals surface area contributed by atoms with E-state index in [0.717, 1.165) is 0 Å². The molecule has 2 heterocycles. The Kier molecular flexibility index (Phi) is 6.24. The molecule has 132 valence electrons. The maximum absolute atomic E-state index is 12.3. The highest BCUT2D eigenvalue weighted by Crippen LogP contribution is 2.14. The Balaban J connectivity index is 1.84. The number of nitrogens with one attached hydrogen (secondary N) is 1. The van der Waals surface area contributed by atoms with Gasteiger partial charge >= 0.3 is 6.09 Å². The van der Waals surface area contributed by atoms with Crippen LogP contribution in [0.2, 0.25) is 0 Å². The van der Waals surface area contributed by atoms with Crippen molar-refractivity contribution in [3.8, 4) is 0 Å². The molecule has 1 N–H and O–H groups in total. The second-order valence-electron chi connectivity index (χ2n) is 5.44. The lowest BCUT2D eigenvalue weighted by Crippen LogP contribution is -2.51. The van der Waals surface area contributed by atoms with Crippen molar-refractivity contribution in [1.29, 1.82) is 0 Å². The maximum Gasteiger partial charge on any atom is 0.409 e. The van der Waals surface area contributed by atoms with Gasteiger partial charge < -0.3 is 19.5 Å². The Hall–Kier alpha value is -2.03. The van der Waals surface area contributed by atoms with Crippen LogP contribution in [0, 0.1) is 13.8 Å². The van der Waals surface area contributed by atoms with Crippen LogP contribution in [0.4, 0.5) is 4.79 Å². The molecular weight excluding hydrogens is 332 g/mol. The van der Waals surface area contributed by atoms with Crippen LogP contribution in [0.5, 0.6) is 0 Å². The van der Waals surface area contributed by atoms with Crippen LogP contribution in [0.3, 0.4) is 0 Å². The van der Waals surface area contributed by atoms with Gasteiger partial charge in [0.1, 0.15) is 0 Å². The summed E-state index contributed by atoms with van der Waals surface area (Å²) in [6.45, 7) is 7.48. The molecule has 0 saturated carbocycles. The molecule has 0 spiro atoms. The second-order valence-corrected chi connectivity index (χ2v) is 6.40. The topological polar surface area (TPSA) is 95.6 Å². The highest BCUT2D eigenvalue weighted by atomic mass is 32.2. The fraction of sp³-hybridized carbons (Fsp3) is 0.600. The zero-order valence-electron chi connectivity index (χ0n) is 14.1. The van der Waals surface area contributed by atoms with E-state index in [-0.39, 0.29) is 23.3 Å². The molecule has 2 rings (SSSR count). The zero-order valence-corrected chi connectivity index (χ0v) is 14.9. The molecule has 24 heavy (non-hydrogen) atoms. The first kappa shape index (κ1) is 18.3. The van der Waals surface area contributed by atoms with Gasteiger partial charge in [-0.15, -0.1) is 0 Å². The summed E-state index contributed by atoms with van der Waals surface area (Å²) in [6.07, 6.45) is -0.337. The normalized spacial score (nSPS) is 14.6. The first-order valence-corrected chi connectivity index (χ1v) is 8.80. The molecule has 9 heteroatoms. The van der Waals surface area contributed by atoms with Crippen LogP contribution in [-0.4, -0.2) is 70.3 Å². The number of aryl methyl sites for hydroxylation is 1. The molecule has 0 unspecified atom stereocenters. The zero-order chi connectivity index (χ0) is 17.7. The molecule has 1 aliphatic rings. The molecule has 2 amide bonds. The molecule has 1 saturated heterocycles. The van der Waals surface area contributed by atoms with E-state index in [1.54, 1.807) is 30.6 Å². The summed E-state index contributed by atoms with van der Waals surface area (Å²) in [5.74, 6) is 0.162. The minimum atomic E-state index is -0.337. The number of amides is 2. The predicted octanol–water partition coefficient (Wildman–Crippen LogP) is 0.780. The third-order valence-electron chi connectivity index (χ3n) is 3.86. The number of hydrogen-bond acceptors (Lipinski definition) is 6. The lowest BCUT2D eigenvalue weighted by atomic mass is 10.3. The summed E-state index contributed by atoms with van der Waals surface area (Å²) < 4.78 is 4.95. The van der Waals surface area contributed by atoms with Gasteiger partial charge in [-0.25, -0.2) is 9.78 Å². The largest absolute Gasteiger partial charge is 0.450 e. The molecule has 1 aromatic rings. The minimum Gasteiger partial charge on any atom is -0.450 e. The van der Waals surface area contributed by atoms with E-state index < -0.39 is 0 Å². The molecule has 1 fully saturated rings. The van der Waals surface area contributed by atoms with Gasteiger partial charge in [-0.05, 0) is 20.8 Å². The van der Waals surface area contributed by atoms with Crippen LogP contribution in [0.25, 0.3) is 0 Å². The van der Waals surface area contributed by atoms with Gasteiger partial charge in [-0.3, -0.25) is 9.59 Å². The van der Waals surface area contributed by atoms with Gasteiger partial charge in [0, 0.05) is 37.4 Å². The van der Waals surface area contributed by atoms with Gasteiger partial charge in [0.15, 0.2) is 5.16 Å². The number of hydrogen-bond donors (Lipinski definition) is 1. The highest BCUT2D eigenvalue weighted by molar-refractivity contribution is 7.99. The van der Waals surface area contributed by atoms with E-state index in [2.05, 4.69) is 9.97 Å². The molecular formula is C15H22N4O4S. The number of ether oxygens (including phenoxy) is 1. The number of piperazine rings is 1. The van der Waals surface area contributed by atoms with E-state index in [4.69, 9.17) is 4.74 Å². The number of rotatable bonds is 4. The van der Waals surface area contributed by atoms with E-state index in [0.29, 0.717) is 49.2 Å². The van der Waals surface area contributed by atoms with Crippen LogP contribution >= 0.6 is 11.8 Å². The predicted molar refractivity (Wildman–Crippen MR) is 90.2 cm³/mol. The van der Waals surface area contributed by atoms with Crippen molar-refractivity contribution in [2.75, 3.05) is 38.5 Å². The molecule has 0 radical (unpaired) electrons. The van der Waals surface area contributed by atoms with E-state index in [1.165, 1.54) is 11.8 Å². The lowest BCUT2D eigenvalue weighted by molar-refractivity contribution is -0.129. The summed E-state index contributed by atoms with van der Waals surface area (Å²) in [7, 11) is 0. The molecule has 1 aromatic heterocycles. The Morgan fingerprint density at radius 1 is 1.21 bits per heavy atom. The molecule has 0 atom stereocenters. The number of nitrogens with zero attached hydrogens (tertiary/aromatic N) is 3. The molecule has 1 aliphatic heterocycles. The van der Waals surface area contributed by atoms with Crippen molar-refractivity contribution in [1.82, 2.24) is 19.8 Å². The molecule has 0 aromatic carbocycles. The number of carbonyl (C=O) groups is 2. The van der Waals surface area contributed by atoms with E-state index in [9.17, 15) is 14.4 Å². The summed E-state index contributed by atoms with van der Waals surface area (Å²) >= 11 is 1.21. The highest BCUT2D eigenvalue weighted by Gasteiger charge is 2.24. The Labute approximate surface area is 144 Å². The van der Waals surface area contributed by atoms with Crippen LogP contribution < -0.4 is 5.56 Å². The lowest BCUT2D eigenvalue weighted by Gasteiger charge is -2.34. The second kappa shape index (κ2) is 8.18. The number of aromatic nitrogens is 2. The average Bonchev–Trinajstić information content (AvgIpc) is 2.57. The Morgan fingerprint density at radius 2 is 1.83 bits per heavy atom. The van der Waals surface area contributed by atoms with Gasteiger partial charge in [0.05, 0.1) is 12.4 Å². The summed E-state index contributed by atoms with van der Waals surface area (Å²) in [4.78, 5) is 45.8. The van der Waals surface area contributed by atoms with Crippen LogP contribution in [0.15, 0.2) is 9.95 Å². The van der Waals surface area contributed by atoms with Crippen molar-refractivity contribution < 1.29 is 14.3 Å². The molecule has 0 bridgehead atoms. The Morgan fingerprint density at radius 3 is 2.42 bits per heavy atom. The van der Waals surface area contributed by atoms with Crippen LogP contribution in [0.1, 0.15) is 18.2 Å². The first-order valence-electron chi connectivity index (χ1n) is 7.82. The van der Waals surface area contributed by atoms with Gasteiger partial charge in [-0.1, -0.05) is 11.8 Å². The van der Waals surface area contributed by atoms with Gasteiger partial charge in [-0.2, -0.15) is 0 Å². The van der Waals surface area contributed by atoms with Crippen molar-refractivity contribution in [2.24, 2.45) is 0 Å². The standard InChI is InChI=1S/C15H22N4O4S/c1-4-23-15(22)19-7-5-18(6-8-19)12(20)9-24-14-16-11(3)10(2)13(21)17-14/h4-9H2,1-3H3,(H,16,17,21). The third-order valence-corrected chi connectivity index (χ3v) is 4.72. The molecule has 0 aliphatic carbocycles. The summed E-state index contributed by atoms with van der Waals surface area (Å²) in [5.41, 5.74) is 1.07. The maximum atomic E-state index is 12.3. The van der Waals surface area contributed by atoms with Crippen LogP contribution in [-0.2, 0) is 9.53 Å². The van der Waals surface area contributed by atoms with Gasteiger partial charge in [0.2, 0.25) is 5.91 Å². The number of H-pyrrole nitrogens is 1. The van der Waals surface area contributed by atoms with Crippen molar-refractivity contribution >= 4 is 23.8 Å². The summed E-state index contributed by atoms with van der Waals surface area (Å²) in [5, 5.41) is 0.446. The van der Waals surface area contributed by atoms with Crippen molar-refractivity contribution in [3.63, 3.8) is 0 Å². The number of carbonyl (C=O) groups excluding carboxylic acids is 2. The van der Waals surface area contributed by atoms with E-state index >= 15 is 0 Å². The minimum absolute atomic E-state index is 0.0376. The fourth-order valence-corrected chi connectivity index (χ4v) is 3.07. The van der Waals surface area contributed by atoms with Crippen molar-refractivity contribution in [2.45, 2.75) is 25.9 Å². The monoisotopic (exact) mass is 354 g/mol. The van der Waals surface area contributed by atoms with Crippen molar-refractivity contribution in [3.05, 3.63) is 21.6 Å². The number of thioether (sulfide) groups is 1. The SMILES string of the molecule is CCOC(=O)N1CCN(C(=O)CSc2nc(C)c(C)c(=O)[nH]2)CC1. The quantitative estimate of drug-likeness (QED) is 0.634. The Bertz CT molecular complexity index is 668. The van der Waals surface area contributed by atoms with E-state index in [1.807, 2.05) is 0 Å². The average molecular weight is 354 g/mol. The number of aromatic amines is 1.